The molecule has 0 aromatic rings. The standard InChI is InChI=1S/C23H48O4S.Na/c1-2-3-4-5-6-7-8-9-10-11-14-17-20-23(28(25,26)27)21-18-15-12-13-16-19-22-24;/h23-24H,2-22H2,1H3,(H,25,26,27);/q;+1/p-1. The maximum atomic E-state index is 11.5. The van der Waals surface area contributed by atoms with Crippen molar-refractivity contribution in [2.45, 2.75) is 141 Å². The molecule has 0 aromatic heterocycles. The molecular weight excluding hydrogens is 395 g/mol. The van der Waals surface area contributed by atoms with E-state index in [9.17, 15) is 13.0 Å². The zero-order chi connectivity index (χ0) is 20.9. The summed E-state index contributed by atoms with van der Waals surface area (Å²) in [5, 5.41) is 8.05. The molecule has 0 aliphatic carbocycles. The van der Waals surface area contributed by atoms with Gasteiger partial charge in [-0.2, -0.15) is 0 Å². The third kappa shape index (κ3) is 23.4. The van der Waals surface area contributed by atoms with Crippen LogP contribution in [0.5, 0.6) is 0 Å². The second-order valence-electron chi connectivity index (χ2n) is 8.43. The van der Waals surface area contributed by atoms with E-state index >= 15 is 0 Å². The van der Waals surface area contributed by atoms with Gasteiger partial charge in [-0.15, -0.1) is 0 Å². The van der Waals surface area contributed by atoms with Gasteiger partial charge in [0.2, 0.25) is 0 Å². The van der Waals surface area contributed by atoms with Gasteiger partial charge in [0.25, 0.3) is 0 Å². The predicted octanol–water partition coefficient (Wildman–Crippen LogP) is 3.72. The first-order chi connectivity index (χ1) is 13.5. The third-order valence-corrected chi connectivity index (χ3v) is 7.01. The predicted molar refractivity (Wildman–Crippen MR) is 119 cm³/mol. The third-order valence-electron chi connectivity index (χ3n) is 5.72. The fourth-order valence-corrected chi connectivity index (χ4v) is 4.75. The van der Waals surface area contributed by atoms with Gasteiger partial charge < -0.3 is 9.66 Å². The topological polar surface area (TPSA) is 77.4 Å². The van der Waals surface area contributed by atoms with Crippen LogP contribution in [-0.4, -0.2) is 29.9 Å². The molecule has 4 nitrogen and oxygen atoms in total. The van der Waals surface area contributed by atoms with Crippen LogP contribution < -0.4 is 29.6 Å². The van der Waals surface area contributed by atoms with E-state index in [1.54, 1.807) is 0 Å². The number of rotatable bonds is 22. The Kier molecular flexibility index (Phi) is 26.0. The van der Waals surface area contributed by atoms with Crippen LogP contribution in [0.2, 0.25) is 0 Å². The van der Waals surface area contributed by atoms with Crippen LogP contribution in [0.1, 0.15) is 135 Å². The van der Waals surface area contributed by atoms with Gasteiger partial charge in [0.1, 0.15) is 0 Å². The monoisotopic (exact) mass is 442 g/mol. The molecule has 0 spiro atoms. The van der Waals surface area contributed by atoms with Crippen LogP contribution in [0.15, 0.2) is 0 Å². The van der Waals surface area contributed by atoms with Gasteiger partial charge in [-0.05, 0) is 19.3 Å². The summed E-state index contributed by atoms with van der Waals surface area (Å²) in [4.78, 5) is 0. The van der Waals surface area contributed by atoms with Crippen molar-refractivity contribution >= 4 is 10.1 Å². The maximum absolute atomic E-state index is 11.5. The molecule has 6 heteroatoms. The Morgan fingerprint density at radius 2 is 0.931 bits per heavy atom. The fraction of sp³-hybridized carbons (Fsp3) is 1.00. The largest absolute Gasteiger partial charge is 1.00 e. The molecule has 0 saturated heterocycles. The molecule has 1 atom stereocenters. The van der Waals surface area contributed by atoms with Gasteiger partial charge >= 0.3 is 29.6 Å². The summed E-state index contributed by atoms with van der Waals surface area (Å²) >= 11 is 0. The van der Waals surface area contributed by atoms with E-state index in [1.807, 2.05) is 0 Å². The van der Waals surface area contributed by atoms with Crippen LogP contribution in [0.25, 0.3) is 0 Å². The molecule has 170 valence electrons. The molecule has 29 heavy (non-hydrogen) atoms. The number of unbranched alkanes of at least 4 members (excludes halogenated alkanes) is 16. The molecule has 0 amide bonds. The van der Waals surface area contributed by atoms with Crippen molar-refractivity contribution in [3.8, 4) is 0 Å². The summed E-state index contributed by atoms with van der Waals surface area (Å²) in [6, 6.07) is 0. The van der Waals surface area contributed by atoms with E-state index in [0.29, 0.717) is 12.8 Å². The summed E-state index contributed by atoms with van der Waals surface area (Å²) in [7, 11) is -4.16. The average molecular weight is 443 g/mol. The summed E-state index contributed by atoms with van der Waals surface area (Å²) < 4.78 is 34.5. The quantitative estimate of drug-likeness (QED) is 0.157. The summed E-state index contributed by atoms with van der Waals surface area (Å²) in [6.07, 6.45) is 21.9. The van der Waals surface area contributed by atoms with E-state index in [-0.39, 0.29) is 36.2 Å². The smallest absolute Gasteiger partial charge is 0.748 e. The molecule has 0 bridgehead atoms. The minimum atomic E-state index is -4.16. The van der Waals surface area contributed by atoms with Crippen LogP contribution in [-0.2, 0) is 10.1 Å². The average Bonchev–Trinajstić information content (AvgIpc) is 2.65. The van der Waals surface area contributed by atoms with Gasteiger partial charge in [-0.3, -0.25) is 0 Å². The molecule has 1 unspecified atom stereocenters. The maximum Gasteiger partial charge on any atom is 1.00 e. The Bertz CT molecular complexity index is 415. The molecule has 0 heterocycles. The van der Waals surface area contributed by atoms with Crippen LogP contribution in [0.3, 0.4) is 0 Å². The van der Waals surface area contributed by atoms with Crippen molar-refractivity contribution in [2.24, 2.45) is 0 Å². The minimum Gasteiger partial charge on any atom is -0.748 e. The molecule has 0 aliphatic rings. The SMILES string of the molecule is CCCCCCCCCCCCCCC(CCCCCCCCO)S(=O)(=O)[O-].[Na+]. The van der Waals surface area contributed by atoms with Crippen molar-refractivity contribution in [3.63, 3.8) is 0 Å². The van der Waals surface area contributed by atoms with Gasteiger partial charge in [-0.25, -0.2) is 8.42 Å². The van der Waals surface area contributed by atoms with Crippen molar-refractivity contribution in [3.05, 3.63) is 0 Å². The van der Waals surface area contributed by atoms with Gasteiger partial charge in [0.15, 0.2) is 0 Å². The van der Waals surface area contributed by atoms with Crippen molar-refractivity contribution < 1.29 is 47.6 Å². The van der Waals surface area contributed by atoms with E-state index in [2.05, 4.69) is 6.92 Å². The number of hydrogen-bond donors (Lipinski definition) is 1. The fourth-order valence-electron chi connectivity index (χ4n) is 3.84. The van der Waals surface area contributed by atoms with Gasteiger partial charge in [0, 0.05) is 11.9 Å². The summed E-state index contributed by atoms with van der Waals surface area (Å²) in [5.41, 5.74) is 0. The van der Waals surface area contributed by atoms with Crippen LogP contribution in [0, 0.1) is 0 Å². The second kappa shape index (κ2) is 23.5. The Balaban J connectivity index is 0. The van der Waals surface area contributed by atoms with E-state index in [0.717, 1.165) is 57.8 Å². The normalized spacial score (nSPS) is 12.7. The number of aliphatic hydroxyl groups is 1. The minimum absolute atomic E-state index is 0. The molecule has 0 aromatic carbocycles. The first-order valence-corrected chi connectivity index (χ1v) is 13.5. The van der Waals surface area contributed by atoms with Crippen molar-refractivity contribution in [1.82, 2.24) is 0 Å². The Labute approximate surface area is 204 Å². The zero-order valence-electron chi connectivity index (χ0n) is 19.5. The molecule has 1 N–H and O–H groups in total. The van der Waals surface area contributed by atoms with Crippen molar-refractivity contribution in [1.29, 1.82) is 0 Å². The number of aliphatic hydroxyl groups excluding tert-OH is 1. The van der Waals surface area contributed by atoms with E-state index in [4.69, 9.17) is 5.11 Å². The van der Waals surface area contributed by atoms with E-state index in [1.165, 1.54) is 57.8 Å². The second-order valence-corrected chi connectivity index (χ2v) is 10.1. The Morgan fingerprint density at radius 3 is 1.24 bits per heavy atom. The summed E-state index contributed by atoms with van der Waals surface area (Å²) in [6.45, 7) is 2.49. The van der Waals surface area contributed by atoms with E-state index < -0.39 is 15.4 Å². The van der Waals surface area contributed by atoms with Gasteiger partial charge in [-0.1, -0.05) is 116 Å². The molecule has 0 rings (SSSR count). The Morgan fingerprint density at radius 1 is 0.621 bits per heavy atom. The summed E-state index contributed by atoms with van der Waals surface area (Å²) in [5.74, 6) is 0. The molecule has 0 fully saturated rings. The zero-order valence-corrected chi connectivity index (χ0v) is 22.3. The van der Waals surface area contributed by atoms with Crippen LogP contribution in [0.4, 0.5) is 0 Å². The van der Waals surface area contributed by atoms with Crippen molar-refractivity contribution in [2.75, 3.05) is 6.61 Å². The molecule has 0 saturated carbocycles. The Hall–Kier alpha value is 0.870. The van der Waals surface area contributed by atoms with Crippen LogP contribution >= 0.6 is 0 Å². The number of hydrogen-bond acceptors (Lipinski definition) is 4. The first-order valence-electron chi connectivity index (χ1n) is 12.1. The molecular formula is C23H47NaO4S. The molecule has 0 radical (unpaired) electrons. The first kappa shape index (κ1) is 32.1. The van der Waals surface area contributed by atoms with Gasteiger partial charge in [0.05, 0.1) is 10.1 Å². The molecule has 0 aliphatic heterocycles.